The maximum absolute atomic E-state index is 12.4. The van der Waals surface area contributed by atoms with Gasteiger partial charge in [0.2, 0.25) is 5.88 Å². The Bertz CT molecular complexity index is 509. The Morgan fingerprint density at radius 2 is 2.12 bits per heavy atom. The van der Waals surface area contributed by atoms with Gasteiger partial charge in [0, 0.05) is 10.7 Å². The van der Waals surface area contributed by atoms with Crippen LogP contribution in [0.3, 0.4) is 0 Å². The predicted molar refractivity (Wildman–Crippen MR) is 61.5 cm³/mol. The number of alkyl halides is 2. The van der Waals surface area contributed by atoms with Gasteiger partial charge in [-0.1, -0.05) is 0 Å². The van der Waals surface area contributed by atoms with Gasteiger partial charge in [-0.3, -0.25) is 0 Å². The Labute approximate surface area is 109 Å². The number of hydrogen-bond acceptors (Lipinski definition) is 4. The van der Waals surface area contributed by atoms with E-state index in [1.165, 1.54) is 7.11 Å². The molecule has 0 saturated heterocycles. The summed E-state index contributed by atoms with van der Waals surface area (Å²) in [5.41, 5.74) is -0.698. The molecular formula is C7H5ClF2INO3S. The highest BCUT2D eigenvalue weighted by atomic mass is 127. The number of ether oxygens (including phenoxy) is 1. The quantitative estimate of drug-likeness (QED) is 0.595. The van der Waals surface area contributed by atoms with Gasteiger partial charge >= 0.3 is 0 Å². The molecule has 0 N–H and O–H groups in total. The van der Waals surface area contributed by atoms with E-state index in [-0.39, 0.29) is 9.45 Å². The number of halogens is 4. The van der Waals surface area contributed by atoms with E-state index < -0.39 is 26.1 Å². The van der Waals surface area contributed by atoms with Gasteiger partial charge in [-0.25, -0.2) is 22.2 Å². The van der Waals surface area contributed by atoms with Gasteiger partial charge < -0.3 is 4.74 Å². The molecule has 0 aliphatic heterocycles. The predicted octanol–water partition coefficient (Wildman–Crippen LogP) is 2.56. The van der Waals surface area contributed by atoms with E-state index in [4.69, 9.17) is 15.4 Å². The smallest absolute Gasteiger partial charge is 0.280 e. The second-order valence-corrected chi connectivity index (χ2v) is 6.22. The molecule has 0 aliphatic carbocycles. The van der Waals surface area contributed by atoms with E-state index >= 15 is 0 Å². The highest BCUT2D eigenvalue weighted by molar-refractivity contribution is 14.1. The van der Waals surface area contributed by atoms with Crippen LogP contribution in [0.1, 0.15) is 12.1 Å². The summed E-state index contributed by atoms with van der Waals surface area (Å²) < 4.78 is 51.9. The highest BCUT2D eigenvalue weighted by Gasteiger charge is 2.23. The Kier molecular flexibility index (Phi) is 4.29. The molecule has 1 aromatic heterocycles. The minimum atomic E-state index is -4.11. The summed E-state index contributed by atoms with van der Waals surface area (Å²) in [7, 11) is 2.20. The Hall–Kier alpha value is -0.220. The second kappa shape index (κ2) is 4.96. The minimum absolute atomic E-state index is 0.0690. The monoisotopic (exact) mass is 383 g/mol. The fraction of sp³-hybridized carbons (Fsp3) is 0.286. The van der Waals surface area contributed by atoms with Crippen molar-refractivity contribution in [1.29, 1.82) is 0 Å². The van der Waals surface area contributed by atoms with Crippen molar-refractivity contribution in [2.75, 3.05) is 7.11 Å². The molecule has 0 unspecified atom stereocenters. The second-order valence-electron chi connectivity index (χ2n) is 2.61. The van der Waals surface area contributed by atoms with Gasteiger partial charge in [0.15, 0.2) is 0 Å². The molecule has 0 saturated carbocycles. The van der Waals surface area contributed by atoms with Gasteiger partial charge in [0.05, 0.1) is 10.7 Å². The molecule has 0 aromatic carbocycles. The van der Waals surface area contributed by atoms with Crippen molar-refractivity contribution in [2.45, 2.75) is 11.3 Å². The Balaban J connectivity index is 3.55. The summed E-state index contributed by atoms with van der Waals surface area (Å²) in [5.74, 6) is -0.197. The van der Waals surface area contributed by atoms with E-state index in [0.29, 0.717) is 0 Å². The topological polar surface area (TPSA) is 56.3 Å². The normalized spacial score (nSPS) is 11.9. The molecule has 9 heteroatoms. The standard InChI is InChI=1S/C7H5ClF2INO3S/c1-15-7-5(11)4(16(8,13)14)2-3(12-7)6(9)10/h2,6H,1H3. The first-order valence-electron chi connectivity index (χ1n) is 3.74. The van der Waals surface area contributed by atoms with E-state index in [9.17, 15) is 17.2 Å². The first kappa shape index (κ1) is 13.8. The molecule has 16 heavy (non-hydrogen) atoms. The molecule has 0 spiro atoms. The zero-order valence-electron chi connectivity index (χ0n) is 7.75. The number of methoxy groups -OCH3 is 1. The summed E-state index contributed by atoms with van der Waals surface area (Å²) in [4.78, 5) is 3.03. The van der Waals surface area contributed by atoms with E-state index in [2.05, 4.69) is 4.98 Å². The maximum atomic E-state index is 12.4. The van der Waals surface area contributed by atoms with Crippen molar-refractivity contribution >= 4 is 42.3 Å². The van der Waals surface area contributed by atoms with E-state index in [0.717, 1.165) is 6.07 Å². The van der Waals surface area contributed by atoms with Crippen LogP contribution in [0.25, 0.3) is 0 Å². The Morgan fingerprint density at radius 1 is 1.56 bits per heavy atom. The summed E-state index contributed by atoms with van der Waals surface area (Å²) in [5, 5.41) is 0. The summed E-state index contributed by atoms with van der Waals surface area (Å²) in [6.07, 6.45) is -2.90. The molecule has 0 amide bonds. The number of nitrogens with zero attached hydrogens (tertiary/aromatic N) is 1. The molecular weight excluding hydrogens is 379 g/mol. The largest absolute Gasteiger partial charge is 0.480 e. The third-order valence-electron chi connectivity index (χ3n) is 1.59. The van der Waals surface area contributed by atoms with Crippen LogP contribution in [-0.2, 0) is 9.05 Å². The van der Waals surface area contributed by atoms with Crippen LogP contribution < -0.4 is 4.74 Å². The SMILES string of the molecule is COc1nc(C(F)F)cc(S(=O)(=O)Cl)c1I. The van der Waals surface area contributed by atoms with Crippen molar-refractivity contribution in [1.82, 2.24) is 4.98 Å². The van der Waals surface area contributed by atoms with Crippen molar-refractivity contribution in [3.8, 4) is 5.88 Å². The molecule has 1 aromatic rings. The van der Waals surface area contributed by atoms with Crippen molar-refractivity contribution in [3.05, 3.63) is 15.3 Å². The third kappa shape index (κ3) is 2.92. The fourth-order valence-electron chi connectivity index (χ4n) is 0.926. The summed E-state index contributed by atoms with van der Waals surface area (Å²) >= 11 is 1.61. The zero-order valence-corrected chi connectivity index (χ0v) is 11.5. The van der Waals surface area contributed by atoms with Crippen LogP contribution in [0.5, 0.6) is 5.88 Å². The first-order chi connectivity index (χ1) is 7.27. The molecule has 0 fully saturated rings. The van der Waals surface area contributed by atoms with Crippen LogP contribution in [0.15, 0.2) is 11.0 Å². The summed E-state index contributed by atoms with van der Waals surface area (Å²) in [6, 6.07) is 0.733. The van der Waals surface area contributed by atoms with Crippen molar-refractivity contribution < 1.29 is 21.9 Å². The third-order valence-corrected chi connectivity index (χ3v) is 4.35. The van der Waals surface area contributed by atoms with Crippen molar-refractivity contribution in [3.63, 3.8) is 0 Å². The lowest BCUT2D eigenvalue weighted by atomic mass is 10.3. The number of hydrogen-bond donors (Lipinski definition) is 0. The van der Waals surface area contributed by atoms with Gasteiger partial charge in [0.25, 0.3) is 15.5 Å². The fourth-order valence-corrected chi connectivity index (χ4v) is 3.61. The maximum Gasteiger partial charge on any atom is 0.280 e. The summed E-state index contributed by atoms with van der Waals surface area (Å²) in [6.45, 7) is 0. The number of pyridine rings is 1. The van der Waals surface area contributed by atoms with Crippen LogP contribution >= 0.6 is 33.3 Å². The van der Waals surface area contributed by atoms with Gasteiger partial charge in [0.1, 0.15) is 10.6 Å². The van der Waals surface area contributed by atoms with Crippen LogP contribution in [0.2, 0.25) is 0 Å². The highest BCUT2D eigenvalue weighted by Crippen LogP contribution is 2.31. The van der Waals surface area contributed by atoms with Crippen LogP contribution in [0.4, 0.5) is 8.78 Å². The number of aromatic nitrogens is 1. The molecule has 1 rings (SSSR count). The van der Waals surface area contributed by atoms with Gasteiger partial charge in [-0.2, -0.15) is 0 Å². The minimum Gasteiger partial charge on any atom is -0.480 e. The molecule has 90 valence electrons. The van der Waals surface area contributed by atoms with Crippen LogP contribution in [-0.4, -0.2) is 20.5 Å². The van der Waals surface area contributed by atoms with Crippen LogP contribution in [0, 0.1) is 3.57 Å². The first-order valence-corrected chi connectivity index (χ1v) is 7.13. The lowest BCUT2D eigenvalue weighted by molar-refractivity contribution is 0.144. The molecule has 0 bridgehead atoms. The van der Waals surface area contributed by atoms with Crippen molar-refractivity contribution in [2.24, 2.45) is 0 Å². The average Bonchev–Trinajstić information content (AvgIpc) is 2.15. The molecule has 0 atom stereocenters. The van der Waals surface area contributed by atoms with E-state index in [1.54, 1.807) is 22.6 Å². The zero-order chi connectivity index (χ0) is 12.5. The van der Waals surface area contributed by atoms with Gasteiger partial charge in [-0.05, 0) is 28.7 Å². The van der Waals surface area contributed by atoms with Gasteiger partial charge in [-0.15, -0.1) is 0 Å². The molecule has 0 aliphatic rings. The molecule has 4 nitrogen and oxygen atoms in total. The lowest BCUT2D eigenvalue weighted by Gasteiger charge is -2.08. The molecule has 1 heterocycles. The number of rotatable bonds is 3. The average molecular weight is 384 g/mol. The lowest BCUT2D eigenvalue weighted by Crippen LogP contribution is -2.03. The van der Waals surface area contributed by atoms with E-state index in [1.807, 2.05) is 0 Å². The Morgan fingerprint density at radius 3 is 2.50 bits per heavy atom. The molecule has 0 radical (unpaired) electrons.